The molecule has 0 unspecified atom stereocenters. The van der Waals surface area contributed by atoms with E-state index >= 15 is 0 Å². The zero-order valence-electron chi connectivity index (χ0n) is 7.15. The zero-order chi connectivity index (χ0) is 9.42. The van der Waals surface area contributed by atoms with Gasteiger partial charge in [-0.05, 0) is 18.6 Å². The Hall–Kier alpha value is -1.84. The summed E-state index contributed by atoms with van der Waals surface area (Å²) in [4.78, 5) is 7.57. The fourth-order valence-corrected chi connectivity index (χ4v) is 1.31. The molecule has 0 aliphatic carbocycles. The van der Waals surface area contributed by atoms with Gasteiger partial charge in [0, 0.05) is 5.39 Å². The molecule has 3 N–H and O–H groups in total. The smallest absolute Gasteiger partial charge is 0.316 e. The summed E-state index contributed by atoms with van der Waals surface area (Å²) in [7, 11) is 0. The number of aromatic hydroxyl groups is 1. The predicted molar refractivity (Wildman–Crippen MR) is 50.4 cm³/mol. The highest BCUT2D eigenvalue weighted by atomic mass is 16.3. The van der Waals surface area contributed by atoms with Gasteiger partial charge < -0.3 is 10.8 Å². The second-order valence-corrected chi connectivity index (χ2v) is 2.88. The summed E-state index contributed by atoms with van der Waals surface area (Å²) < 4.78 is 0. The third kappa shape index (κ3) is 1.16. The van der Waals surface area contributed by atoms with Crippen LogP contribution in [0.15, 0.2) is 18.2 Å². The molecule has 2 rings (SSSR count). The number of aryl methyl sites for hydroxylation is 1. The first-order chi connectivity index (χ1) is 6.18. The van der Waals surface area contributed by atoms with Crippen LogP contribution in [0.4, 0.5) is 5.82 Å². The van der Waals surface area contributed by atoms with Crippen LogP contribution in [0.3, 0.4) is 0 Å². The van der Waals surface area contributed by atoms with Crippen LogP contribution in [0, 0.1) is 6.92 Å². The molecule has 4 heteroatoms. The molecule has 1 aromatic heterocycles. The Morgan fingerprint density at radius 2 is 2.08 bits per heavy atom. The molecule has 2 aromatic rings. The highest BCUT2D eigenvalue weighted by molar-refractivity contribution is 5.90. The van der Waals surface area contributed by atoms with E-state index in [4.69, 9.17) is 10.8 Å². The van der Waals surface area contributed by atoms with Crippen LogP contribution in [-0.2, 0) is 0 Å². The molecule has 1 aromatic carbocycles. The van der Waals surface area contributed by atoms with Crippen molar-refractivity contribution in [2.24, 2.45) is 0 Å². The lowest BCUT2D eigenvalue weighted by molar-refractivity contribution is 0.434. The first kappa shape index (κ1) is 7.79. The molecule has 4 nitrogen and oxygen atoms in total. The van der Waals surface area contributed by atoms with Crippen molar-refractivity contribution in [3.05, 3.63) is 23.8 Å². The molecule has 0 bridgehead atoms. The summed E-state index contributed by atoms with van der Waals surface area (Å²) in [5.74, 6) is 0.311. The molecular weight excluding hydrogens is 166 g/mol. The van der Waals surface area contributed by atoms with Gasteiger partial charge in [-0.2, -0.15) is 9.97 Å². The maximum Gasteiger partial charge on any atom is 0.316 e. The zero-order valence-corrected chi connectivity index (χ0v) is 7.15. The number of nitrogens with two attached hydrogens (primary N) is 1. The number of nitrogen functional groups attached to an aromatic ring is 1. The van der Waals surface area contributed by atoms with Crippen molar-refractivity contribution in [3.63, 3.8) is 0 Å². The van der Waals surface area contributed by atoms with Crippen molar-refractivity contribution in [1.29, 1.82) is 0 Å². The third-order valence-corrected chi connectivity index (χ3v) is 1.95. The van der Waals surface area contributed by atoms with Crippen LogP contribution in [-0.4, -0.2) is 15.1 Å². The van der Waals surface area contributed by atoms with E-state index in [0.29, 0.717) is 11.3 Å². The molecule has 0 aliphatic rings. The molecule has 0 spiro atoms. The van der Waals surface area contributed by atoms with Gasteiger partial charge in [-0.15, -0.1) is 0 Å². The van der Waals surface area contributed by atoms with Gasteiger partial charge in [0.15, 0.2) is 0 Å². The van der Waals surface area contributed by atoms with Gasteiger partial charge in [-0.1, -0.05) is 12.1 Å². The molecule has 13 heavy (non-hydrogen) atoms. The Kier molecular flexibility index (Phi) is 1.55. The Bertz CT molecular complexity index is 468. The lowest BCUT2D eigenvalue weighted by Gasteiger charge is -2.02. The average molecular weight is 175 g/mol. The fourth-order valence-electron chi connectivity index (χ4n) is 1.31. The van der Waals surface area contributed by atoms with Crippen LogP contribution in [0.1, 0.15) is 5.56 Å². The molecule has 0 amide bonds. The minimum Gasteiger partial charge on any atom is -0.479 e. The lowest BCUT2D eigenvalue weighted by Crippen LogP contribution is -1.95. The van der Waals surface area contributed by atoms with Crippen molar-refractivity contribution in [3.8, 4) is 6.01 Å². The first-order valence-corrected chi connectivity index (χ1v) is 3.90. The summed E-state index contributed by atoms with van der Waals surface area (Å²) in [6, 6.07) is 5.35. The van der Waals surface area contributed by atoms with Gasteiger partial charge in [0.1, 0.15) is 5.82 Å². The maximum atomic E-state index is 9.13. The summed E-state index contributed by atoms with van der Waals surface area (Å²) in [6.45, 7) is 1.91. The van der Waals surface area contributed by atoms with Crippen molar-refractivity contribution in [2.45, 2.75) is 6.92 Å². The standard InChI is InChI=1S/C9H9N3O/c1-5-3-2-4-6-7(5)11-9(13)12-8(6)10/h2-4H,1H3,(H3,10,11,12,13). The highest BCUT2D eigenvalue weighted by Gasteiger charge is 2.04. The molecule has 0 fully saturated rings. The quantitative estimate of drug-likeness (QED) is 0.631. The van der Waals surface area contributed by atoms with Crippen LogP contribution in [0.25, 0.3) is 10.9 Å². The minimum atomic E-state index is -0.278. The Morgan fingerprint density at radius 3 is 2.85 bits per heavy atom. The third-order valence-electron chi connectivity index (χ3n) is 1.95. The molecule has 0 radical (unpaired) electrons. The number of nitrogens with zero attached hydrogens (tertiary/aromatic N) is 2. The molecule has 1 heterocycles. The average Bonchev–Trinajstić information content (AvgIpc) is 2.07. The van der Waals surface area contributed by atoms with E-state index in [-0.39, 0.29) is 6.01 Å². The van der Waals surface area contributed by atoms with Crippen LogP contribution < -0.4 is 5.73 Å². The molecule has 66 valence electrons. The van der Waals surface area contributed by atoms with E-state index in [1.54, 1.807) is 0 Å². The number of fused-ring (bicyclic) bond motifs is 1. The van der Waals surface area contributed by atoms with Crippen molar-refractivity contribution >= 4 is 16.7 Å². The number of para-hydroxylation sites is 1. The van der Waals surface area contributed by atoms with Gasteiger partial charge in [-0.3, -0.25) is 0 Å². The summed E-state index contributed by atoms with van der Waals surface area (Å²) >= 11 is 0. The summed E-state index contributed by atoms with van der Waals surface area (Å²) in [5.41, 5.74) is 7.29. The predicted octanol–water partition coefficient (Wildman–Crippen LogP) is 1.23. The monoisotopic (exact) mass is 175 g/mol. The Morgan fingerprint density at radius 1 is 1.31 bits per heavy atom. The van der Waals surface area contributed by atoms with Crippen molar-refractivity contribution in [1.82, 2.24) is 9.97 Å². The Labute approximate surface area is 75.1 Å². The molecule has 0 saturated heterocycles. The largest absolute Gasteiger partial charge is 0.479 e. The number of aromatic nitrogens is 2. The van der Waals surface area contributed by atoms with Gasteiger partial charge in [-0.25, -0.2) is 0 Å². The summed E-state index contributed by atoms with van der Waals surface area (Å²) in [5, 5.41) is 9.91. The molecule has 0 atom stereocenters. The second kappa shape index (κ2) is 2.58. The van der Waals surface area contributed by atoms with Gasteiger partial charge in [0.05, 0.1) is 5.52 Å². The SMILES string of the molecule is Cc1cccc2c(N)nc(O)nc12. The second-order valence-electron chi connectivity index (χ2n) is 2.88. The van der Waals surface area contributed by atoms with E-state index in [2.05, 4.69) is 9.97 Å². The van der Waals surface area contributed by atoms with Crippen molar-refractivity contribution < 1.29 is 5.11 Å². The number of anilines is 1. The Balaban J connectivity index is 2.94. The molecule has 0 aliphatic heterocycles. The van der Waals surface area contributed by atoms with Crippen molar-refractivity contribution in [2.75, 3.05) is 5.73 Å². The molecule has 0 saturated carbocycles. The minimum absolute atomic E-state index is 0.278. The van der Waals surface area contributed by atoms with E-state index in [9.17, 15) is 0 Å². The maximum absolute atomic E-state index is 9.13. The van der Waals surface area contributed by atoms with E-state index in [0.717, 1.165) is 10.9 Å². The molecular formula is C9H9N3O. The first-order valence-electron chi connectivity index (χ1n) is 3.90. The number of benzene rings is 1. The van der Waals surface area contributed by atoms with E-state index in [1.165, 1.54) is 0 Å². The number of rotatable bonds is 0. The number of hydrogen-bond acceptors (Lipinski definition) is 4. The van der Waals surface area contributed by atoms with Gasteiger partial charge in [0.25, 0.3) is 0 Å². The fraction of sp³-hybridized carbons (Fsp3) is 0.111. The van der Waals surface area contributed by atoms with Gasteiger partial charge >= 0.3 is 6.01 Å². The topological polar surface area (TPSA) is 72.0 Å². The lowest BCUT2D eigenvalue weighted by atomic mass is 10.1. The van der Waals surface area contributed by atoms with Crippen LogP contribution in [0.5, 0.6) is 6.01 Å². The number of hydrogen-bond donors (Lipinski definition) is 2. The van der Waals surface area contributed by atoms with E-state index in [1.807, 2.05) is 25.1 Å². The van der Waals surface area contributed by atoms with E-state index < -0.39 is 0 Å². The van der Waals surface area contributed by atoms with Gasteiger partial charge in [0.2, 0.25) is 0 Å². The van der Waals surface area contributed by atoms with Crippen LogP contribution in [0.2, 0.25) is 0 Å². The normalized spacial score (nSPS) is 10.5. The van der Waals surface area contributed by atoms with Crippen LogP contribution >= 0.6 is 0 Å². The summed E-state index contributed by atoms with van der Waals surface area (Å²) in [6.07, 6.45) is 0. The highest BCUT2D eigenvalue weighted by Crippen LogP contribution is 2.22.